The van der Waals surface area contributed by atoms with Gasteiger partial charge in [-0.2, -0.15) is 4.98 Å². The molecule has 19 heavy (non-hydrogen) atoms. The Morgan fingerprint density at radius 1 is 1.42 bits per heavy atom. The summed E-state index contributed by atoms with van der Waals surface area (Å²) in [5.74, 6) is 0.744. The molecule has 0 aliphatic rings. The molecule has 0 aliphatic heterocycles. The maximum absolute atomic E-state index is 13.2. The van der Waals surface area contributed by atoms with Gasteiger partial charge in [-0.3, -0.25) is 0 Å². The van der Waals surface area contributed by atoms with Crippen LogP contribution in [0.2, 0.25) is 0 Å². The lowest BCUT2D eigenvalue weighted by atomic mass is 9.88. The Labute approximate surface area is 111 Å². The van der Waals surface area contributed by atoms with Crippen LogP contribution < -0.4 is 5.73 Å². The van der Waals surface area contributed by atoms with Gasteiger partial charge in [-0.1, -0.05) is 12.1 Å². The maximum atomic E-state index is 13.2. The van der Waals surface area contributed by atoms with Gasteiger partial charge in [0.15, 0.2) is 0 Å². The predicted octanol–water partition coefficient (Wildman–Crippen LogP) is 2.81. The standard InChI is InChI=1S/C14H18FN3O/c1-4-14(3,8-16)13-17-12(18-19-13)10-5-6-11(15)9(2)7-10/h5-7H,4,8,16H2,1-3H3. The van der Waals surface area contributed by atoms with Crippen molar-refractivity contribution in [1.82, 2.24) is 10.1 Å². The van der Waals surface area contributed by atoms with E-state index in [1.54, 1.807) is 19.1 Å². The van der Waals surface area contributed by atoms with Crippen LogP contribution in [0.1, 0.15) is 31.7 Å². The zero-order valence-corrected chi connectivity index (χ0v) is 11.4. The van der Waals surface area contributed by atoms with Crippen LogP contribution in [0.15, 0.2) is 22.7 Å². The summed E-state index contributed by atoms with van der Waals surface area (Å²) in [5.41, 5.74) is 6.74. The Kier molecular flexibility index (Phi) is 3.66. The highest BCUT2D eigenvalue weighted by Crippen LogP contribution is 2.27. The van der Waals surface area contributed by atoms with Crippen LogP contribution in [-0.4, -0.2) is 16.7 Å². The molecule has 1 aromatic heterocycles. The van der Waals surface area contributed by atoms with Gasteiger partial charge in [0.05, 0.1) is 5.41 Å². The first-order chi connectivity index (χ1) is 9.00. The lowest BCUT2D eigenvalue weighted by molar-refractivity contribution is 0.291. The highest BCUT2D eigenvalue weighted by Gasteiger charge is 2.29. The normalized spacial score (nSPS) is 14.4. The van der Waals surface area contributed by atoms with Crippen LogP contribution in [0.25, 0.3) is 11.4 Å². The minimum Gasteiger partial charge on any atom is -0.338 e. The Morgan fingerprint density at radius 3 is 2.74 bits per heavy atom. The number of aryl methyl sites for hydroxylation is 1. The summed E-state index contributed by atoms with van der Waals surface area (Å²) in [6.45, 7) is 6.16. The van der Waals surface area contributed by atoms with E-state index >= 15 is 0 Å². The zero-order valence-electron chi connectivity index (χ0n) is 11.4. The molecule has 0 radical (unpaired) electrons. The first-order valence-electron chi connectivity index (χ1n) is 6.31. The fourth-order valence-electron chi connectivity index (χ4n) is 1.75. The summed E-state index contributed by atoms with van der Waals surface area (Å²) in [6, 6.07) is 4.75. The molecule has 0 saturated heterocycles. The molecule has 0 fully saturated rings. The Morgan fingerprint density at radius 2 is 2.16 bits per heavy atom. The summed E-state index contributed by atoms with van der Waals surface area (Å²) in [4.78, 5) is 4.38. The van der Waals surface area contributed by atoms with E-state index in [0.29, 0.717) is 23.8 Å². The van der Waals surface area contributed by atoms with Crippen LogP contribution in [0.4, 0.5) is 4.39 Å². The van der Waals surface area contributed by atoms with E-state index in [1.807, 2.05) is 13.8 Å². The second kappa shape index (κ2) is 5.09. The van der Waals surface area contributed by atoms with Gasteiger partial charge in [0, 0.05) is 12.1 Å². The van der Waals surface area contributed by atoms with Gasteiger partial charge in [-0.05, 0) is 44.0 Å². The first-order valence-corrected chi connectivity index (χ1v) is 6.31. The van der Waals surface area contributed by atoms with Gasteiger partial charge in [-0.25, -0.2) is 4.39 Å². The summed E-state index contributed by atoms with van der Waals surface area (Å²) in [6.07, 6.45) is 0.813. The summed E-state index contributed by atoms with van der Waals surface area (Å²) < 4.78 is 18.5. The van der Waals surface area contributed by atoms with Gasteiger partial charge in [0.1, 0.15) is 5.82 Å². The molecule has 2 aromatic rings. The third kappa shape index (κ3) is 2.51. The van der Waals surface area contributed by atoms with Crippen molar-refractivity contribution in [1.29, 1.82) is 0 Å². The van der Waals surface area contributed by atoms with Crippen LogP contribution in [-0.2, 0) is 5.41 Å². The van der Waals surface area contributed by atoms with E-state index < -0.39 is 0 Å². The highest BCUT2D eigenvalue weighted by molar-refractivity contribution is 5.55. The van der Waals surface area contributed by atoms with Crippen molar-refractivity contribution in [2.45, 2.75) is 32.6 Å². The minimum absolute atomic E-state index is 0.243. The molecule has 0 spiro atoms. The lowest BCUT2D eigenvalue weighted by Gasteiger charge is -2.20. The first kappa shape index (κ1) is 13.7. The average molecular weight is 263 g/mol. The molecule has 5 heteroatoms. The lowest BCUT2D eigenvalue weighted by Crippen LogP contribution is -2.31. The molecule has 1 aromatic carbocycles. The van der Waals surface area contributed by atoms with E-state index in [1.165, 1.54) is 6.07 Å². The van der Waals surface area contributed by atoms with E-state index in [-0.39, 0.29) is 11.2 Å². The Hall–Kier alpha value is -1.75. The minimum atomic E-state index is -0.319. The smallest absolute Gasteiger partial charge is 0.234 e. The van der Waals surface area contributed by atoms with Gasteiger partial charge >= 0.3 is 0 Å². The maximum Gasteiger partial charge on any atom is 0.234 e. The monoisotopic (exact) mass is 263 g/mol. The number of nitrogens with zero attached hydrogens (tertiary/aromatic N) is 2. The second-order valence-corrected chi connectivity index (χ2v) is 5.01. The number of hydrogen-bond donors (Lipinski definition) is 1. The van der Waals surface area contributed by atoms with Gasteiger partial charge in [0.2, 0.25) is 11.7 Å². The van der Waals surface area contributed by atoms with Gasteiger partial charge in [0.25, 0.3) is 0 Å². The Bertz CT molecular complexity index is 576. The van der Waals surface area contributed by atoms with Crippen molar-refractivity contribution in [3.05, 3.63) is 35.5 Å². The quantitative estimate of drug-likeness (QED) is 0.921. The van der Waals surface area contributed by atoms with E-state index in [4.69, 9.17) is 10.3 Å². The van der Waals surface area contributed by atoms with Crippen molar-refractivity contribution in [3.63, 3.8) is 0 Å². The molecular weight excluding hydrogens is 245 g/mol. The van der Waals surface area contributed by atoms with Crippen molar-refractivity contribution >= 4 is 0 Å². The molecule has 2 N–H and O–H groups in total. The number of rotatable bonds is 4. The third-order valence-corrected chi connectivity index (χ3v) is 3.59. The molecule has 0 saturated carbocycles. The third-order valence-electron chi connectivity index (χ3n) is 3.59. The fraction of sp³-hybridized carbons (Fsp3) is 0.429. The van der Waals surface area contributed by atoms with E-state index in [9.17, 15) is 4.39 Å². The largest absolute Gasteiger partial charge is 0.338 e. The number of aromatic nitrogens is 2. The molecule has 1 heterocycles. The van der Waals surface area contributed by atoms with Crippen molar-refractivity contribution in [2.75, 3.05) is 6.54 Å². The van der Waals surface area contributed by atoms with Crippen molar-refractivity contribution in [3.8, 4) is 11.4 Å². The topological polar surface area (TPSA) is 64.9 Å². The number of nitrogens with two attached hydrogens (primary N) is 1. The average Bonchev–Trinajstić information content (AvgIpc) is 2.91. The van der Waals surface area contributed by atoms with Crippen LogP contribution >= 0.6 is 0 Å². The van der Waals surface area contributed by atoms with Crippen LogP contribution in [0.5, 0.6) is 0 Å². The van der Waals surface area contributed by atoms with Gasteiger partial charge < -0.3 is 10.3 Å². The summed E-state index contributed by atoms with van der Waals surface area (Å²) in [5, 5.41) is 3.96. The molecule has 1 unspecified atom stereocenters. The van der Waals surface area contributed by atoms with Crippen LogP contribution in [0, 0.1) is 12.7 Å². The molecule has 4 nitrogen and oxygen atoms in total. The highest BCUT2D eigenvalue weighted by atomic mass is 19.1. The molecule has 1 atom stereocenters. The number of benzene rings is 1. The second-order valence-electron chi connectivity index (χ2n) is 5.01. The zero-order chi connectivity index (χ0) is 14.0. The van der Waals surface area contributed by atoms with Crippen molar-refractivity contribution in [2.24, 2.45) is 5.73 Å². The SMILES string of the molecule is CCC(C)(CN)c1nc(-c2ccc(F)c(C)c2)no1. The molecular formula is C14H18FN3O. The summed E-state index contributed by atoms with van der Waals surface area (Å²) in [7, 11) is 0. The number of hydrogen-bond acceptors (Lipinski definition) is 4. The van der Waals surface area contributed by atoms with Gasteiger partial charge in [-0.15, -0.1) is 0 Å². The molecule has 0 bridgehead atoms. The molecule has 102 valence electrons. The van der Waals surface area contributed by atoms with E-state index in [2.05, 4.69) is 10.1 Å². The molecule has 0 amide bonds. The Balaban J connectivity index is 2.38. The van der Waals surface area contributed by atoms with E-state index in [0.717, 1.165) is 12.0 Å². The molecule has 2 rings (SSSR count). The number of halogens is 1. The van der Waals surface area contributed by atoms with Crippen molar-refractivity contribution < 1.29 is 8.91 Å². The van der Waals surface area contributed by atoms with Crippen LogP contribution in [0.3, 0.4) is 0 Å². The molecule has 0 aliphatic carbocycles. The summed E-state index contributed by atoms with van der Waals surface area (Å²) >= 11 is 0. The fourth-order valence-corrected chi connectivity index (χ4v) is 1.75. The predicted molar refractivity (Wildman–Crippen MR) is 71.1 cm³/mol.